The van der Waals surface area contributed by atoms with Gasteiger partial charge in [-0.2, -0.15) is 0 Å². The lowest BCUT2D eigenvalue weighted by atomic mass is 10.1. The van der Waals surface area contributed by atoms with Gasteiger partial charge < -0.3 is 16.0 Å². The highest BCUT2D eigenvalue weighted by Gasteiger charge is 2.55. The summed E-state index contributed by atoms with van der Waals surface area (Å²) in [5.74, 6) is 1.53. The van der Waals surface area contributed by atoms with Crippen LogP contribution in [0.15, 0.2) is 24.7 Å². The Kier molecular flexibility index (Phi) is 3.72. The molecular formula is C17H21N5O2. The Morgan fingerprint density at radius 2 is 2.17 bits per heavy atom. The number of aromatic amines is 1. The molecule has 2 amide bonds. The zero-order valence-electron chi connectivity index (χ0n) is 13.4. The molecule has 3 heterocycles. The summed E-state index contributed by atoms with van der Waals surface area (Å²) in [6, 6.07) is 1.92. The van der Waals surface area contributed by atoms with E-state index in [4.69, 9.17) is 5.73 Å². The number of piperidine rings is 1. The maximum absolute atomic E-state index is 12.2. The van der Waals surface area contributed by atoms with Gasteiger partial charge in [-0.3, -0.25) is 19.5 Å². The average Bonchev–Trinajstić information content (AvgIpc) is 2.87. The van der Waals surface area contributed by atoms with Crippen molar-refractivity contribution >= 4 is 22.7 Å². The molecule has 7 nitrogen and oxygen atoms in total. The molecule has 24 heavy (non-hydrogen) atoms. The third-order valence-corrected chi connectivity index (χ3v) is 5.28. The second-order valence-electron chi connectivity index (χ2n) is 6.87. The van der Waals surface area contributed by atoms with Gasteiger partial charge in [0.15, 0.2) is 0 Å². The normalized spacial score (nSPS) is 25.6. The van der Waals surface area contributed by atoms with Gasteiger partial charge >= 0.3 is 0 Å². The first-order valence-electron chi connectivity index (χ1n) is 8.29. The van der Waals surface area contributed by atoms with E-state index in [1.165, 1.54) is 0 Å². The monoisotopic (exact) mass is 327 g/mol. The number of hydrogen-bond donors (Lipinski definition) is 3. The number of hydrogen-bond acceptors (Lipinski definition) is 4. The number of nitrogens with two attached hydrogens (primary N) is 1. The van der Waals surface area contributed by atoms with E-state index in [0.29, 0.717) is 30.7 Å². The number of pyridine rings is 1. The minimum absolute atomic E-state index is 0.0478. The van der Waals surface area contributed by atoms with Crippen LogP contribution >= 0.6 is 0 Å². The SMILES string of the molecule is NC(=O)CN1CC2C(CNC(=O)Cc3c[nH]c4cnccc34)C2C1. The Balaban J connectivity index is 1.25. The van der Waals surface area contributed by atoms with E-state index in [1.54, 1.807) is 12.4 Å². The van der Waals surface area contributed by atoms with Crippen LogP contribution in [0.4, 0.5) is 0 Å². The van der Waals surface area contributed by atoms with Crippen molar-refractivity contribution in [3.05, 3.63) is 30.2 Å². The van der Waals surface area contributed by atoms with E-state index < -0.39 is 0 Å². The van der Waals surface area contributed by atoms with Gasteiger partial charge in [-0.25, -0.2) is 0 Å². The lowest BCUT2D eigenvalue weighted by Gasteiger charge is -2.17. The molecule has 1 aliphatic carbocycles. The zero-order valence-corrected chi connectivity index (χ0v) is 13.4. The molecule has 4 rings (SSSR count). The lowest BCUT2D eigenvalue weighted by Crippen LogP contribution is -2.35. The minimum atomic E-state index is -0.268. The van der Waals surface area contributed by atoms with Crippen LogP contribution in [-0.4, -0.2) is 52.9 Å². The molecule has 2 atom stereocenters. The van der Waals surface area contributed by atoms with E-state index in [-0.39, 0.29) is 11.8 Å². The number of H-pyrrole nitrogens is 1. The zero-order chi connectivity index (χ0) is 16.7. The largest absolute Gasteiger partial charge is 0.369 e. The predicted octanol–water partition coefficient (Wildman–Crippen LogP) is -0.115. The molecule has 2 aliphatic rings. The summed E-state index contributed by atoms with van der Waals surface area (Å²) in [7, 11) is 0. The summed E-state index contributed by atoms with van der Waals surface area (Å²) < 4.78 is 0. The second kappa shape index (κ2) is 5.90. The maximum Gasteiger partial charge on any atom is 0.231 e. The Bertz CT molecular complexity index is 774. The molecule has 1 aliphatic heterocycles. The number of primary amides is 1. The van der Waals surface area contributed by atoms with E-state index in [2.05, 4.69) is 20.2 Å². The molecule has 2 aromatic rings. The first kappa shape index (κ1) is 15.1. The molecule has 0 aromatic carbocycles. The van der Waals surface area contributed by atoms with Crippen LogP contribution in [0.1, 0.15) is 5.56 Å². The summed E-state index contributed by atoms with van der Waals surface area (Å²) in [5, 5.41) is 4.10. The third-order valence-electron chi connectivity index (χ3n) is 5.28. The van der Waals surface area contributed by atoms with Crippen molar-refractivity contribution in [2.75, 3.05) is 26.2 Å². The topological polar surface area (TPSA) is 104 Å². The smallest absolute Gasteiger partial charge is 0.231 e. The highest BCUT2D eigenvalue weighted by molar-refractivity contribution is 5.88. The number of carbonyl (C=O) groups is 2. The standard InChI is InChI=1S/C17H21N5O2/c18-16(23)9-22-7-13-12(14(13)8-22)5-21-17(24)3-10-4-20-15-6-19-2-1-11(10)15/h1-2,4,6,12-14,20H,3,5,7-9H2,(H2,18,23)(H,21,24). The first-order valence-corrected chi connectivity index (χ1v) is 8.29. The summed E-state index contributed by atoms with van der Waals surface area (Å²) in [4.78, 5) is 32.4. The van der Waals surface area contributed by atoms with Crippen molar-refractivity contribution in [3.63, 3.8) is 0 Å². The van der Waals surface area contributed by atoms with Crippen LogP contribution in [-0.2, 0) is 16.0 Å². The summed E-state index contributed by atoms with van der Waals surface area (Å²) >= 11 is 0. The van der Waals surface area contributed by atoms with Gasteiger partial charge in [0.05, 0.1) is 24.7 Å². The molecule has 2 aromatic heterocycles. The third kappa shape index (κ3) is 2.87. The van der Waals surface area contributed by atoms with Crippen LogP contribution in [0, 0.1) is 17.8 Å². The fraction of sp³-hybridized carbons (Fsp3) is 0.471. The van der Waals surface area contributed by atoms with Crippen molar-refractivity contribution in [3.8, 4) is 0 Å². The molecule has 0 spiro atoms. The number of amides is 2. The molecule has 126 valence electrons. The van der Waals surface area contributed by atoms with Crippen molar-refractivity contribution in [2.24, 2.45) is 23.5 Å². The molecule has 1 saturated carbocycles. The predicted molar refractivity (Wildman–Crippen MR) is 88.9 cm³/mol. The second-order valence-corrected chi connectivity index (χ2v) is 6.87. The number of likely N-dealkylation sites (tertiary alicyclic amines) is 1. The summed E-state index contributed by atoms with van der Waals surface area (Å²) in [6.45, 7) is 2.91. The fourth-order valence-electron chi connectivity index (χ4n) is 4.03. The summed E-state index contributed by atoms with van der Waals surface area (Å²) in [6.07, 6.45) is 5.75. The summed E-state index contributed by atoms with van der Waals surface area (Å²) in [5.41, 5.74) is 7.17. The van der Waals surface area contributed by atoms with E-state index >= 15 is 0 Å². The molecule has 2 fully saturated rings. The van der Waals surface area contributed by atoms with Crippen LogP contribution in [0.5, 0.6) is 0 Å². The number of fused-ring (bicyclic) bond motifs is 2. The van der Waals surface area contributed by atoms with E-state index in [9.17, 15) is 9.59 Å². The first-order chi connectivity index (χ1) is 11.6. The molecule has 7 heteroatoms. The van der Waals surface area contributed by atoms with Gasteiger partial charge in [0.1, 0.15) is 0 Å². The Hall–Kier alpha value is -2.41. The molecule has 0 radical (unpaired) electrons. The molecule has 1 saturated heterocycles. The van der Waals surface area contributed by atoms with E-state index in [0.717, 1.165) is 36.1 Å². The van der Waals surface area contributed by atoms with Gasteiger partial charge in [-0.05, 0) is 29.4 Å². The van der Waals surface area contributed by atoms with Crippen LogP contribution in [0.3, 0.4) is 0 Å². The van der Waals surface area contributed by atoms with Crippen molar-refractivity contribution in [1.82, 2.24) is 20.2 Å². The van der Waals surface area contributed by atoms with Crippen LogP contribution < -0.4 is 11.1 Å². The quantitative estimate of drug-likeness (QED) is 0.688. The number of nitrogens with one attached hydrogen (secondary N) is 2. The van der Waals surface area contributed by atoms with Gasteiger partial charge in [0.2, 0.25) is 11.8 Å². The fourth-order valence-corrected chi connectivity index (χ4v) is 4.03. The number of carbonyl (C=O) groups excluding carboxylic acids is 2. The minimum Gasteiger partial charge on any atom is -0.369 e. The van der Waals surface area contributed by atoms with Crippen molar-refractivity contribution in [1.29, 1.82) is 0 Å². The van der Waals surface area contributed by atoms with Gasteiger partial charge in [0, 0.05) is 37.4 Å². The van der Waals surface area contributed by atoms with E-state index in [1.807, 2.05) is 12.3 Å². The van der Waals surface area contributed by atoms with Gasteiger partial charge in [-0.15, -0.1) is 0 Å². The van der Waals surface area contributed by atoms with Gasteiger partial charge in [0.25, 0.3) is 0 Å². The number of rotatable bonds is 6. The highest BCUT2D eigenvalue weighted by Crippen LogP contribution is 2.51. The maximum atomic E-state index is 12.2. The molecule has 0 bridgehead atoms. The Labute approximate surface area is 139 Å². The van der Waals surface area contributed by atoms with Gasteiger partial charge in [-0.1, -0.05) is 0 Å². The Morgan fingerprint density at radius 3 is 2.92 bits per heavy atom. The lowest BCUT2D eigenvalue weighted by molar-refractivity contribution is -0.120. The number of aromatic nitrogens is 2. The van der Waals surface area contributed by atoms with Crippen LogP contribution in [0.25, 0.3) is 10.9 Å². The molecule has 2 unspecified atom stereocenters. The van der Waals surface area contributed by atoms with Crippen molar-refractivity contribution < 1.29 is 9.59 Å². The number of nitrogens with zero attached hydrogens (tertiary/aromatic N) is 2. The Morgan fingerprint density at radius 1 is 1.38 bits per heavy atom. The van der Waals surface area contributed by atoms with Crippen molar-refractivity contribution in [2.45, 2.75) is 6.42 Å². The average molecular weight is 327 g/mol. The molecule has 4 N–H and O–H groups in total. The molecular weight excluding hydrogens is 306 g/mol. The van der Waals surface area contributed by atoms with Crippen LogP contribution in [0.2, 0.25) is 0 Å². The highest BCUT2D eigenvalue weighted by atomic mass is 16.2.